The Kier molecular flexibility index (Phi) is 8.62. The number of hydrogen-bond acceptors (Lipinski definition) is 10. The SMILES string of the molecule is COCCOc1c(F)cc(Nc2nc(Oc3cccc([N+](=O)[O-])c3)c3ccn(COC(=O)C(C)(C)C)c3n2)cc1F. The van der Waals surface area contributed by atoms with E-state index in [1.165, 1.54) is 35.9 Å². The molecule has 0 radical (unpaired) electrons. The number of esters is 1. The summed E-state index contributed by atoms with van der Waals surface area (Å²) in [5.74, 6) is -2.95. The standard InChI is InChI=1S/C27H27F2N5O7/c1-27(2,3)25(35)40-15-33-9-8-19-23(33)31-26(32-24(19)41-18-7-5-6-17(14-18)34(36)37)30-16-12-20(28)22(21(29)13-16)39-11-10-38-4/h5-9,12-14H,10-11,15H2,1-4H3,(H,30,31,32). The number of ether oxygens (including phenoxy) is 4. The van der Waals surface area contributed by atoms with Crippen LogP contribution in [0.15, 0.2) is 48.7 Å². The quantitative estimate of drug-likeness (QED) is 0.103. The first kappa shape index (κ1) is 29.1. The Balaban J connectivity index is 1.71. The zero-order chi connectivity index (χ0) is 29.7. The van der Waals surface area contributed by atoms with Crippen molar-refractivity contribution in [1.82, 2.24) is 14.5 Å². The molecule has 0 saturated carbocycles. The van der Waals surface area contributed by atoms with Crippen molar-refractivity contribution in [3.05, 3.63) is 70.4 Å². The lowest BCUT2D eigenvalue weighted by Gasteiger charge is -2.17. The predicted octanol–water partition coefficient (Wildman–Crippen LogP) is 5.73. The highest BCUT2D eigenvalue weighted by Crippen LogP contribution is 2.33. The molecule has 0 spiro atoms. The van der Waals surface area contributed by atoms with Crippen LogP contribution in [0.1, 0.15) is 20.8 Å². The average molecular weight is 572 g/mol. The Morgan fingerprint density at radius 1 is 1.10 bits per heavy atom. The number of rotatable bonds is 11. The molecule has 0 aliphatic heterocycles. The minimum Gasteiger partial charge on any atom is -0.485 e. The number of hydrogen-bond donors (Lipinski definition) is 1. The van der Waals surface area contributed by atoms with E-state index in [1.807, 2.05) is 0 Å². The molecule has 0 fully saturated rings. The van der Waals surface area contributed by atoms with Gasteiger partial charge in [-0.3, -0.25) is 19.5 Å². The largest absolute Gasteiger partial charge is 0.485 e. The number of anilines is 2. The van der Waals surface area contributed by atoms with Gasteiger partial charge in [0, 0.05) is 37.2 Å². The molecule has 2 heterocycles. The first-order valence-corrected chi connectivity index (χ1v) is 12.3. The summed E-state index contributed by atoms with van der Waals surface area (Å²) in [4.78, 5) is 31.7. The predicted molar refractivity (Wildman–Crippen MR) is 143 cm³/mol. The van der Waals surface area contributed by atoms with Gasteiger partial charge in [-0.2, -0.15) is 9.97 Å². The summed E-state index contributed by atoms with van der Waals surface area (Å²) in [5.41, 5.74) is -0.715. The average Bonchev–Trinajstić information content (AvgIpc) is 3.31. The number of aromatic nitrogens is 3. The Bertz CT molecular complexity index is 1560. The van der Waals surface area contributed by atoms with Crippen LogP contribution in [0.4, 0.5) is 26.1 Å². The van der Waals surface area contributed by atoms with Crippen molar-refractivity contribution in [3.63, 3.8) is 0 Å². The fourth-order valence-corrected chi connectivity index (χ4v) is 3.52. The summed E-state index contributed by atoms with van der Waals surface area (Å²) in [7, 11) is 1.43. The molecular formula is C27H27F2N5O7. The number of fused-ring (bicyclic) bond motifs is 1. The van der Waals surface area contributed by atoms with Crippen LogP contribution in [0.25, 0.3) is 11.0 Å². The topological polar surface area (TPSA) is 140 Å². The third kappa shape index (κ3) is 7.03. The van der Waals surface area contributed by atoms with Gasteiger partial charge in [-0.15, -0.1) is 0 Å². The van der Waals surface area contributed by atoms with Crippen molar-refractivity contribution in [2.45, 2.75) is 27.5 Å². The van der Waals surface area contributed by atoms with Crippen LogP contribution < -0.4 is 14.8 Å². The van der Waals surface area contributed by atoms with Gasteiger partial charge in [0.2, 0.25) is 11.8 Å². The number of carbonyl (C=O) groups excluding carboxylic acids is 1. The normalized spacial score (nSPS) is 11.4. The van der Waals surface area contributed by atoms with E-state index in [1.54, 1.807) is 33.0 Å². The number of benzene rings is 2. The smallest absolute Gasteiger partial charge is 0.312 e. The molecule has 0 unspecified atom stereocenters. The van der Waals surface area contributed by atoms with Gasteiger partial charge in [0.1, 0.15) is 12.4 Å². The van der Waals surface area contributed by atoms with Crippen molar-refractivity contribution in [2.24, 2.45) is 5.41 Å². The van der Waals surface area contributed by atoms with Crippen molar-refractivity contribution < 1.29 is 37.4 Å². The molecule has 0 saturated heterocycles. The maximum absolute atomic E-state index is 14.6. The summed E-state index contributed by atoms with van der Waals surface area (Å²) in [5, 5.41) is 14.3. The molecule has 14 heteroatoms. The van der Waals surface area contributed by atoms with E-state index in [-0.39, 0.29) is 54.5 Å². The fraction of sp³-hybridized carbons (Fsp3) is 0.296. The Morgan fingerprint density at radius 3 is 2.49 bits per heavy atom. The highest BCUT2D eigenvalue weighted by Gasteiger charge is 2.24. The molecule has 0 atom stereocenters. The molecule has 0 aliphatic carbocycles. The second-order valence-electron chi connectivity index (χ2n) is 9.78. The van der Waals surface area contributed by atoms with Crippen LogP contribution >= 0.6 is 0 Å². The summed E-state index contributed by atoms with van der Waals surface area (Å²) in [6, 6.07) is 9.10. The summed E-state index contributed by atoms with van der Waals surface area (Å²) in [6.07, 6.45) is 1.59. The van der Waals surface area contributed by atoms with Crippen LogP contribution in [0.2, 0.25) is 0 Å². The highest BCUT2D eigenvalue weighted by atomic mass is 19.1. The van der Waals surface area contributed by atoms with Crippen molar-refractivity contribution in [1.29, 1.82) is 0 Å². The first-order valence-electron chi connectivity index (χ1n) is 12.3. The number of methoxy groups -OCH3 is 1. The number of nitro benzene ring substituents is 1. The van der Waals surface area contributed by atoms with E-state index in [0.717, 1.165) is 12.1 Å². The maximum Gasteiger partial charge on any atom is 0.312 e. The molecule has 4 aromatic rings. The van der Waals surface area contributed by atoms with E-state index < -0.39 is 33.7 Å². The summed E-state index contributed by atoms with van der Waals surface area (Å²) >= 11 is 0. The lowest BCUT2D eigenvalue weighted by Crippen LogP contribution is -2.24. The van der Waals surface area contributed by atoms with Crippen LogP contribution in [0, 0.1) is 27.2 Å². The lowest BCUT2D eigenvalue weighted by molar-refractivity contribution is -0.384. The summed E-state index contributed by atoms with van der Waals surface area (Å²) in [6.45, 7) is 5.04. The van der Waals surface area contributed by atoms with E-state index in [9.17, 15) is 23.7 Å². The zero-order valence-electron chi connectivity index (χ0n) is 22.6. The molecule has 2 aromatic carbocycles. The third-order valence-corrected chi connectivity index (χ3v) is 5.56. The fourth-order valence-electron chi connectivity index (χ4n) is 3.52. The molecule has 41 heavy (non-hydrogen) atoms. The number of carbonyl (C=O) groups is 1. The van der Waals surface area contributed by atoms with Crippen molar-refractivity contribution in [2.75, 3.05) is 25.6 Å². The minimum atomic E-state index is -0.963. The van der Waals surface area contributed by atoms with Crippen LogP contribution in [-0.4, -0.2) is 45.8 Å². The monoisotopic (exact) mass is 571 g/mol. The van der Waals surface area contributed by atoms with Gasteiger partial charge in [-0.1, -0.05) is 6.07 Å². The molecule has 216 valence electrons. The molecule has 0 bridgehead atoms. The molecule has 4 rings (SSSR count). The van der Waals surface area contributed by atoms with Gasteiger partial charge in [-0.05, 0) is 32.9 Å². The summed E-state index contributed by atoms with van der Waals surface area (Å²) < 4.78 is 52.0. The van der Waals surface area contributed by atoms with Gasteiger partial charge in [0.25, 0.3) is 5.69 Å². The van der Waals surface area contributed by atoms with Gasteiger partial charge in [0.15, 0.2) is 29.8 Å². The zero-order valence-corrected chi connectivity index (χ0v) is 22.6. The first-order chi connectivity index (χ1) is 19.5. The Morgan fingerprint density at radius 2 is 1.83 bits per heavy atom. The van der Waals surface area contributed by atoms with Crippen molar-refractivity contribution in [3.8, 4) is 17.4 Å². The second-order valence-corrected chi connectivity index (χ2v) is 9.78. The van der Waals surface area contributed by atoms with Gasteiger partial charge >= 0.3 is 5.97 Å². The van der Waals surface area contributed by atoms with Gasteiger partial charge in [0.05, 0.1) is 28.4 Å². The molecule has 0 amide bonds. The Labute approximate surface area is 233 Å². The van der Waals surface area contributed by atoms with E-state index in [4.69, 9.17) is 18.9 Å². The Hall–Kier alpha value is -4.85. The van der Waals surface area contributed by atoms with E-state index >= 15 is 0 Å². The van der Waals surface area contributed by atoms with Crippen LogP contribution in [0.3, 0.4) is 0 Å². The molecular weight excluding hydrogens is 544 g/mol. The number of non-ortho nitro benzene ring substituents is 1. The molecule has 1 N–H and O–H groups in total. The number of nitrogens with one attached hydrogen (secondary N) is 1. The lowest BCUT2D eigenvalue weighted by atomic mass is 9.98. The molecule has 12 nitrogen and oxygen atoms in total. The molecule has 0 aliphatic rings. The minimum absolute atomic E-state index is 0.0145. The third-order valence-electron chi connectivity index (χ3n) is 5.56. The number of nitro groups is 1. The second kappa shape index (κ2) is 12.1. The number of halogens is 2. The van der Waals surface area contributed by atoms with Crippen LogP contribution in [-0.2, 0) is 21.0 Å². The van der Waals surface area contributed by atoms with Crippen molar-refractivity contribution >= 4 is 34.3 Å². The molecule has 2 aromatic heterocycles. The maximum atomic E-state index is 14.6. The highest BCUT2D eigenvalue weighted by molar-refractivity contribution is 5.83. The van der Waals surface area contributed by atoms with Gasteiger partial charge < -0.3 is 24.3 Å². The number of nitrogens with zero attached hydrogens (tertiary/aromatic N) is 4. The van der Waals surface area contributed by atoms with Crippen LogP contribution in [0.5, 0.6) is 17.4 Å². The van der Waals surface area contributed by atoms with Gasteiger partial charge in [-0.25, -0.2) is 8.78 Å². The van der Waals surface area contributed by atoms with E-state index in [2.05, 4.69) is 15.3 Å². The van der Waals surface area contributed by atoms with E-state index in [0.29, 0.717) is 5.39 Å².